The van der Waals surface area contributed by atoms with Gasteiger partial charge in [-0.15, -0.1) is 0 Å². The molecule has 39 heavy (non-hydrogen) atoms. The summed E-state index contributed by atoms with van der Waals surface area (Å²) in [6, 6.07) is 13.9. The Labute approximate surface area is 231 Å². The van der Waals surface area contributed by atoms with Crippen LogP contribution < -0.4 is 16.0 Å². The van der Waals surface area contributed by atoms with Crippen molar-refractivity contribution in [3.05, 3.63) is 60.2 Å². The van der Waals surface area contributed by atoms with Crippen LogP contribution in [0.15, 0.2) is 59.5 Å². The van der Waals surface area contributed by atoms with Crippen LogP contribution in [0.5, 0.6) is 0 Å². The highest BCUT2D eigenvalue weighted by Gasteiger charge is 2.32. The molecule has 0 radical (unpaired) electrons. The Morgan fingerprint density at radius 1 is 0.923 bits per heavy atom. The fourth-order valence-corrected chi connectivity index (χ4v) is 5.48. The van der Waals surface area contributed by atoms with E-state index < -0.39 is 39.5 Å². The number of amides is 3. The molecule has 0 heterocycles. The quantitative estimate of drug-likeness (QED) is 0.311. The van der Waals surface area contributed by atoms with Gasteiger partial charge in [-0.2, -0.15) is 4.31 Å². The van der Waals surface area contributed by atoms with Crippen molar-refractivity contribution in [3.8, 4) is 0 Å². The number of hydrogen-bond acceptors (Lipinski definition) is 6. The van der Waals surface area contributed by atoms with Gasteiger partial charge in [-0.05, 0) is 62.9 Å². The monoisotopic (exact) mass is 560 g/mol. The molecule has 0 aliphatic carbocycles. The lowest BCUT2D eigenvalue weighted by Gasteiger charge is -2.31. The standard InChI is InChI=1S/C28H40N4O6S/c1-19(2)17-32(39(37,38)23-14-12-22(13-15-23)29-20(3)33)18-25(34)24(16-21-10-8-7-9-11-21)30-26(35)27(36)31-28(4,5)6/h7-15,19,24-25,34H,16-18H2,1-6H3,(H,29,33)(H,30,35)(H,31,36)/t24-,25+/m0/s1. The fourth-order valence-electron chi connectivity index (χ4n) is 3.86. The average molecular weight is 561 g/mol. The second-order valence-electron chi connectivity index (χ2n) is 11.0. The van der Waals surface area contributed by atoms with Gasteiger partial charge in [0, 0.05) is 31.2 Å². The van der Waals surface area contributed by atoms with Crippen LogP contribution in [0, 0.1) is 5.92 Å². The van der Waals surface area contributed by atoms with Gasteiger partial charge in [-0.1, -0.05) is 44.2 Å². The SMILES string of the molecule is CC(=O)Nc1ccc(S(=O)(=O)N(CC(C)C)C[C@@H](O)[C@H](Cc2ccccc2)NC(=O)C(=O)NC(C)(C)C)cc1. The summed E-state index contributed by atoms with van der Waals surface area (Å²) >= 11 is 0. The second kappa shape index (κ2) is 13.7. The number of carbonyl (C=O) groups excluding carboxylic acids is 3. The second-order valence-corrected chi connectivity index (χ2v) is 12.9. The molecular weight excluding hydrogens is 520 g/mol. The third-order valence-electron chi connectivity index (χ3n) is 5.55. The average Bonchev–Trinajstić information content (AvgIpc) is 2.82. The maximum atomic E-state index is 13.6. The van der Waals surface area contributed by atoms with Crippen molar-refractivity contribution >= 4 is 33.4 Å². The van der Waals surface area contributed by atoms with Gasteiger partial charge in [0.2, 0.25) is 15.9 Å². The Hall–Kier alpha value is -3.28. The van der Waals surface area contributed by atoms with E-state index in [1.165, 1.54) is 35.5 Å². The van der Waals surface area contributed by atoms with Crippen LogP contribution >= 0.6 is 0 Å². The van der Waals surface area contributed by atoms with Gasteiger partial charge in [0.1, 0.15) is 0 Å². The van der Waals surface area contributed by atoms with Crippen molar-refractivity contribution in [3.63, 3.8) is 0 Å². The first-order valence-electron chi connectivity index (χ1n) is 12.8. The number of nitrogens with zero attached hydrogens (tertiary/aromatic N) is 1. The molecule has 0 saturated carbocycles. The molecule has 4 N–H and O–H groups in total. The summed E-state index contributed by atoms with van der Waals surface area (Å²) in [5, 5.41) is 19.1. The Morgan fingerprint density at radius 3 is 2.03 bits per heavy atom. The van der Waals surface area contributed by atoms with Crippen LogP contribution in [-0.2, 0) is 30.8 Å². The van der Waals surface area contributed by atoms with Crippen molar-refractivity contribution < 1.29 is 27.9 Å². The summed E-state index contributed by atoms with van der Waals surface area (Å²) in [7, 11) is -4.04. The van der Waals surface area contributed by atoms with Gasteiger partial charge in [0.15, 0.2) is 0 Å². The maximum Gasteiger partial charge on any atom is 0.309 e. The highest BCUT2D eigenvalue weighted by atomic mass is 32.2. The number of hydrogen-bond donors (Lipinski definition) is 4. The molecule has 214 valence electrons. The smallest absolute Gasteiger partial charge is 0.309 e. The minimum atomic E-state index is -4.04. The highest BCUT2D eigenvalue weighted by Crippen LogP contribution is 2.21. The number of carbonyl (C=O) groups is 3. The van der Waals surface area contributed by atoms with Gasteiger partial charge in [0.05, 0.1) is 17.0 Å². The summed E-state index contributed by atoms with van der Waals surface area (Å²) in [5.74, 6) is -2.11. The number of benzene rings is 2. The van der Waals surface area contributed by atoms with E-state index in [0.717, 1.165) is 5.56 Å². The normalized spacial score (nSPS) is 13.6. The molecular formula is C28H40N4O6S. The van der Waals surface area contributed by atoms with Gasteiger partial charge in [-0.25, -0.2) is 8.42 Å². The summed E-state index contributed by atoms with van der Waals surface area (Å²) in [6.45, 7) is 10.1. The van der Waals surface area contributed by atoms with Crippen molar-refractivity contribution in [1.82, 2.24) is 14.9 Å². The predicted molar refractivity (Wildman–Crippen MR) is 150 cm³/mol. The summed E-state index contributed by atoms with van der Waals surface area (Å²) in [5.41, 5.74) is 0.612. The summed E-state index contributed by atoms with van der Waals surface area (Å²) in [4.78, 5) is 36.5. The lowest BCUT2D eigenvalue weighted by Crippen LogP contribution is -2.55. The minimum absolute atomic E-state index is 0.00217. The molecule has 2 aromatic carbocycles. The Morgan fingerprint density at radius 2 is 1.51 bits per heavy atom. The zero-order chi connectivity index (χ0) is 29.4. The highest BCUT2D eigenvalue weighted by molar-refractivity contribution is 7.89. The predicted octanol–water partition coefficient (Wildman–Crippen LogP) is 2.29. The topological polar surface area (TPSA) is 145 Å². The van der Waals surface area contributed by atoms with Crippen molar-refractivity contribution in [1.29, 1.82) is 0 Å². The van der Waals surface area contributed by atoms with Crippen LogP contribution in [0.25, 0.3) is 0 Å². The van der Waals surface area contributed by atoms with E-state index in [1.54, 1.807) is 20.8 Å². The molecule has 0 aliphatic heterocycles. The number of rotatable bonds is 11. The van der Waals surface area contributed by atoms with Gasteiger partial charge >= 0.3 is 11.8 Å². The Bertz CT molecular complexity index is 1220. The molecule has 0 unspecified atom stereocenters. The van der Waals surface area contributed by atoms with E-state index in [4.69, 9.17) is 0 Å². The van der Waals surface area contributed by atoms with Gasteiger partial charge < -0.3 is 21.1 Å². The molecule has 0 fully saturated rings. The van der Waals surface area contributed by atoms with Crippen molar-refractivity contribution in [2.24, 2.45) is 5.92 Å². The summed E-state index contributed by atoms with van der Waals surface area (Å²) < 4.78 is 28.3. The first-order valence-corrected chi connectivity index (χ1v) is 14.3. The molecule has 0 aromatic heterocycles. The number of aliphatic hydroxyl groups is 1. The zero-order valence-corrected chi connectivity index (χ0v) is 24.2. The van der Waals surface area contributed by atoms with Gasteiger partial charge in [-0.3, -0.25) is 14.4 Å². The van der Waals surface area contributed by atoms with E-state index in [1.807, 2.05) is 44.2 Å². The van der Waals surface area contributed by atoms with Crippen molar-refractivity contribution in [2.45, 2.75) is 70.5 Å². The Kier molecular flexibility index (Phi) is 11.2. The van der Waals surface area contributed by atoms with Crippen LogP contribution in [0.4, 0.5) is 5.69 Å². The van der Waals surface area contributed by atoms with E-state index in [2.05, 4.69) is 16.0 Å². The van der Waals surface area contributed by atoms with E-state index >= 15 is 0 Å². The first-order chi connectivity index (χ1) is 18.1. The van der Waals surface area contributed by atoms with E-state index in [0.29, 0.717) is 5.69 Å². The largest absolute Gasteiger partial charge is 0.390 e. The third-order valence-corrected chi connectivity index (χ3v) is 7.39. The van der Waals surface area contributed by atoms with Crippen LogP contribution in [-0.4, -0.2) is 66.3 Å². The van der Waals surface area contributed by atoms with Crippen LogP contribution in [0.2, 0.25) is 0 Å². The fraction of sp³-hybridized carbons (Fsp3) is 0.464. The molecule has 2 aromatic rings. The molecule has 0 spiro atoms. The molecule has 3 amide bonds. The lowest BCUT2D eigenvalue weighted by molar-refractivity contribution is -0.141. The summed E-state index contributed by atoms with van der Waals surface area (Å²) in [6.07, 6.45) is -1.15. The first kappa shape index (κ1) is 31.9. The van der Waals surface area contributed by atoms with Crippen molar-refractivity contribution in [2.75, 3.05) is 18.4 Å². The third kappa shape index (κ3) is 10.4. The molecule has 0 saturated heterocycles. The molecule has 2 atom stereocenters. The van der Waals surface area contributed by atoms with Crippen LogP contribution in [0.1, 0.15) is 47.1 Å². The van der Waals surface area contributed by atoms with E-state index in [-0.39, 0.29) is 36.2 Å². The van der Waals surface area contributed by atoms with E-state index in [9.17, 15) is 27.9 Å². The number of anilines is 1. The van der Waals surface area contributed by atoms with Gasteiger partial charge in [0.25, 0.3) is 0 Å². The molecule has 0 bridgehead atoms. The minimum Gasteiger partial charge on any atom is -0.390 e. The number of aliphatic hydroxyl groups excluding tert-OH is 1. The number of nitrogens with one attached hydrogen (secondary N) is 3. The Balaban J connectivity index is 2.33. The molecule has 11 heteroatoms. The maximum absolute atomic E-state index is 13.6. The number of sulfonamides is 1. The lowest BCUT2D eigenvalue weighted by atomic mass is 10.0. The molecule has 2 rings (SSSR count). The molecule has 10 nitrogen and oxygen atoms in total. The zero-order valence-electron chi connectivity index (χ0n) is 23.4. The van der Waals surface area contributed by atoms with Crippen LogP contribution in [0.3, 0.4) is 0 Å². The molecule has 0 aliphatic rings.